The molecule has 9 nitrogen and oxygen atoms in total. The van der Waals surface area contributed by atoms with Gasteiger partial charge in [-0.25, -0.2) is 9.78 Å². The minimum atomic E-state index is -0.429. The number of likely N-dealkylation sites (N-methyl/N-ethyl adjacent to an activating group) is 1. The lowest BCUT2D eigenvalue weighted by molar-refractivity contribution is 0.0989. The third-order valence-electron chi connectivity index (χ3n) is 4.87. The maximum atomic E-state index is 13.3. The van der Waals surface area contributed by atoms with Crippen molar-refractivity contribution >= 4 is 29.5 Å². The summed E-state index contributed by atoms with van der Waals surface area (Å²) in [5, 5.41) is 5.51. The molecular weight excluding hydrogens is 384 g/mol. The molecule has 0 saturated heterocycles. The van der Waals surface area contributed by atoms with Crippen LogP contribution in [-0.2, 0) is 11.2 Å². The Morgan fingerprint density at radius 2 is 2.13 bits per heavy atom. The Hall–Kier alpha value is -3.36. The van der Waals surface area contributed by atoms with E-state index in [0.717, 1.165) is 17.7 Å². The summed E-state index contributed by atoms with van der Waals surface area (Å²) in [6.45, 7) is 4.24. The Morgan fingerprint density at radius 3 is 2.90 bits per heavy atom. The third kappa shape index (κ3) is 4.97. The van der Waals surface area contributed by atoms with Gasteiger partial charge in [-0.1, -0.05) is 12.1 Å². The Balaban J connectivity index is 1.76. The van der Waals surface area contributed by atoms with Crippen LogP contribution in [-0.4, -0.2) is 62.3 Å². The van der Waals surface area contributed by atoms with Crippen molar-refractivity contribution in [2.45, 2.75) is 19.8 Å². The summed E-state index contributed by atoms with van der Waals surface area (Å²) in [7, 11) is 3.47. The second kappa shape index (κ2) is 9.91. The van der Waals surface area contributed by atoms with Gasteiger partial charge in [0.25, 0.3) is 5.91 Å². The number of benzene rings is 1. The lowest BCUT2D eigenvalue weighted by Crippen LogP contribution is -2.33. The van der Waals surface area contributed by atoms with Gasteiger partial charge in [0.1, 0.15) is 11.4 Å². The first-order valence-corrected chi connectivity index (χ1v) is 10.1. The van der Waals surface area contributed by atoms with Gasteiger partial charge in [0.2, 0.25) is 5.95 Å². The number of nitrogens with zero attached hydrogens (tertiary/aromatic N) is 4. The molecule has 2 amide bonds. The summed E-state index contributed by atoms with van der Waals surface area (Å²) in [6.07, 6.45) is 2.62. The van der Waals surface area contributed by atoms with Crippen LogP contribution in [0, 0.1) is 0 Å². The summed E-state index contributed by atoms with van der Waals surface area (Å²) in [4.78, 5) is 37.0. The van der Waals surface area contributed by atoms with E-state index in [-0.39, 0.29) is 5.91 Å². The minimum absolute atomic E-state index is 0.113. The Labute approximate surface area is 176 Å². The molecule has 30 heavy (non-hydrogen) atoms. The second-order valence-corrected chi connectivity index (χ2v) is 7.00. The molecular formula is C21H28N6O3. The first-order valence-electron chi connectivity index (χ1n) is 10.1. The normalized spacial score (nSPS) is 13.5. The number of ether oxygens (including phenoxy) is 1. The predicted octanol–water partition coefficient (Wildman–Crippen LogP) is 2.29. The summed E-state index contributed by atoms with van der Waals surface area (Å²) in [5.41, 5.74) is 2.40. The van der Waals surface area contributed by atoms with Crippen molar-refractivity contribution in [1.29, 1.82) is 0 Å². The number of amides is 2. The van der Waals surface area contributed by atoms with Gasteiger partial charge in [-0.3, -0.25) is 4.79 Å². The molecule has 0 fully saturated rings. The van der Waals surface area contributed by atoms with Gasteiger partial charge in [0.05, 0.1) is 6.61 Å². The summed E-state index contributed by atoms with van der Waals surface area (Å²) in [6, 6.07) is 7.90. The van der Waals surface area contributed by atoms with E-state index < -0.39 is 6.09 Å². The number of fused-ring (bicyclic) bond motifs is 1. The van der Waals surface area contributed by atoms with E-state index in [9.17, 15) is 9.59 Å². The van der Waals surface area contributed by atoms with Crippen molar-refractivity contribution in [3.8, 4) is 0 Å². The average Bonchev–Trinajstić information content (AvgIpc) is 2.88. The zero-order valence-electron chi connectivity index (χ0n) is 17.6. The number of aromatic nitrogens is 2. The Kier molecular flexibility index (Phi) is 7.05. The highest BCUT2D eigenvalue weighted by molar-refractivity contribution is 6.09. The molecule has 1 aliphatic heterocycles. The molecule has 2 heterocycles. The van der Waals surface area contributed by atoms with Crippen LogP contribution in [0.3, 0.4) is 0 Å². The van der Waals surface area contributed by atoms with Crippen LogP contribution in [0.4, 0.5) is 22.2 Å². The molecule has 1 aromatic heterocycles. The quantitative estimate of drug-likeness (QED) is 0.673. The Bertz CT molecular complexity index is 904. The van der Waals surface area contributed by atoms with Crippen LogP contribution in [0.2, 0.25) is 0 Å². The van der Waals surface area contributed by atoms with E-state index in [1.54, 1.807) is 11.1 Å². The predicted molar refractivity (Wildman–Crippen MR) is 116 cm³/mol. The van der Waals surface area contributed by atoms with E-state index >= 15 is 0 Å². The molecule has 1 aromatic carbocycles. The number of rotatable bonds is 7. The fourth-order valence-electron chi connectivity index (χ4n) is 3.30. The van der Waals surface area contributed by atoms with Crippen LogP contribution >= 0.6 is 0 Å². The summed E-state index contributed by atoms with van der Waals surface area (Å²) < 4.78 is 5.03. The largest absolute Gasteiger partial charge is 0.450 e. The fraction of sp³-hybridized carbons (Fsp3) is 0.429. The van der Waals surface area contributed by atoms with Gasteiger partial charge < -0.3 is 25.2 Å². The molecule has 3 rings (SSSR count). The summed E-state index contributed by atoms with van der Waals surface area (Å²) >= 11 is 0. The zero-order valence-corrected chi connectivity index (χ0v) is 17.6. The molecule has 0 radical (unpaired) electrons. The highest BCUT2D eigenvalue weighted by atomic mass is 16.5. The molecule has 0 atom stereocenters. The molecule has 1 aliphatic rings. The first-order chi connectivity index (χ1) is 14.5. The van der Waals surface area contributed by atoms with Gasteiger partial charge in [-0.05, 0) is 37.5 Å². The third-order valence-corrected chi connectivity index (χ3v) is 4.87. The van der Waals surface area contributed by atoms with E-state index in [4.69, 9.17) is 4.74 Å². The molecule has 0 spiro atoms. The molecule has 160 valence electrons. The lowest BCUT2D eigenvalue weighted by Gasteiger charge is -2.21. The van der Waals surface area contributed by atoms with Crippen LogP contribution < -0.4 is 20.4 Å². The van der Waals surface area contributed by atoms with Gasteiger partial charge in [-0.2, -0.15) is 4.98 Å². The number of aryl methyl sites for hydroxylation is 1. The molecule has 9 heteroatoms. The lowest BCUT2D eigenvalue weighted by atomic mass is 10.1. The number of hydrogen-bond acceptors (Lipinski definition) is 7. The standard InChI is InChI=1S/C21H28N6O3/c1-4-23-20-24-14-17-18(25-20)26(3)10-11-27(19(17)28)16-9-5-7-15(13-16)8-6-12-30-21(29)22-2/h5,7,9,13-14H,4,6,8,10-12H2,1-3H3,(H,22,29)(H,23,24,25). The number of nitrogens with one attached hydrogen (secondary N) is 2. The topological polar surface area (TPSA) is 99.7 Å². The maximum absolute atomic E-state index is 13.3. The van der Waals surface area contributed by atoms with E-state index in [0.29, 0.717) is 50.0 Å². The molecule has 0 saturated carbocycles. The number of hydrogen-bond donors (Lipinski definition) is 2. The smallest absolute Gasteiger partial charge is 0.406 e. The second-order valence-electron chi connectivity index (χ2n) is 7.00. The SMILES string of the molecule is CCNc1ncc2c(n1)N(C)CCN(c1cccc(CCCOC(=O)NC)c1)C2=O. The van der Waals surface area contributed by atoms with Crippen LogP contribution in [0.25, 0.3) is 0 Å². The number of alkyl carbamates (subject to hydrolysis) is 1. The van der Waals surface area contributed by atoms with E-state index in [1.807, 2.05) is 43.1 Å². The fourth-order valence-corrected chi connectivity index (χ4v) is 3.30. The Morgan fingerprint density at radius 1 is 1.30 bits per heavy atom. The number of carbonyl (C=O) groups is 2. The summed E-state index contributed by atoms with van der Waals surface area (Å²) in [5.74, 6) is 1.04. The maximum Gasteiger partial charge on any atom is 0.406 e. The van der Waals surface area contributed by atoms with E-state index in [1.165, 1.54) is 7.05 Å². The monoisotopic (exact) mass is 412 g/mol. The number of carbonyl (C=O) groups excluding carboxylic acids is 2. The van der Waals surface area contributed by atoms with Crippen LogP contribution in [0.1, 0.15) is 29.3 Å². The van der Waals surface area contributed by atoms with Crippen molar-refractivity contribution in [3.63, 3.8) is 0 Å². The molecule has 0 aliphatic carbocycles. The average molecular weight is 412 g/mol. The van der Waals surface area contributed by atoms with E-state index in [2.05, 4.69) is 20.6 Å². The van der Waals surface area contributed by atoms with Crippen LogP contribution in [0.5, 0.6) is 0 Å². The van der Waals surface area contributed by atoms with Crippen molar-refractivity contribution in [2.24, 2.45) is 0 Å². The molecule has 0 bridgehead atoms. The number of anilines is 3. The van der Waals surface area contributed by atoms with Gasteiger partial charge >= 0.3 is 6.09 Å². The molecule has 0 unspecified atom stereocenters. The first kappa shape index (κ1) is 21.4. The molecule has 2 aromatic rings. The highest BCUT2D eigenvalue weighted by Gasteiger charge is 2.28. The minimum Gasteiger partial charge on any atom is -0.450 e. The molecule has 2 N–H and O–H groups in total. The van der Waals surface area contributed by atoms with Crippen molar-refractivity contribution in [1.82, 2.24) is 15.3 Å². The zero-order chi connectivity index (χ0) is 21.5. The van der Waals surface area contributed by atoms with Crippen LogP contribution in [0.15, 0.2) is 30.5 Å². The van der Waals surface area contributed by atoms with Crippen molar-refractivity contribution < 1.29 is 14.3 Å². The van der Waals surface area contributed by atoms with Gasteiger partial charge in [0.15, 0.2) is 0 Å². The van der Waals surface area contributed by atoms with Gasteiger partial charge in [0, 0.05) is 45.6 Å². The highest BCUT2D eigenvalue weighted by Crippen LogP contribution is 2.27. The van der Waals surface area contributed by atoms with Gasteiger partial charge in [-0.15, -0.1) is 0 Å². The van der Waals surface area contributed by atoms with Crippen molar-refractivity contribution in [3.05, 3.63) is 41.6 Å². The van der Waals surface area contributed by atoms with Crippen molar-refractivity contribution in [2.75, 3.05) is 55.5 Å².